The van der Waals surface area contributed by atoms with Crippen LogP contribution in [-0.2, 0) is 40.3 Å². The van der Waals surface area contributed by atoms with E-state index in [2.05, 4.69) is 0 Å². The summed E-state index contributed by atoms with van der Waals surface area (Å²) in [6.45, 7) is 9.87. The van der Waals surface area contributed by atoms with Gasteiger partial charge in [0.15, 0.2) is 6.10 Å². The van der Waals surface area contributed by atoms with Crippen molar-refractivity contribution in [3.05, 3.63) is 61.7 Å². The first-order valence-corrected chi connectivity index (χ1v) is 12.1. The molecule has 1 unspecified atom stereocenters. The van der Waals surface area contributed by atoms with Crippen molar-refractivity contribution in [2.24, 2.45) is 0 Å². The first-order chi connectivity index (χ1) is 16.3. The average molecular weight is 465 g/mol. The molecule has 1 aliphatic carbocycles. The van der Waals surface area contributed by atoms with Crippen molar-refractivity contribution in [3.8, 4) is 11.4 Å². The number of aryl methyl sites for hydroxylation is 2. The molecule has 0 amide bonds. The second-order valence-electron chi connectivity index (χ2n) is 9.15. The molecule has 0 spiro atoms. The van der Waals surface area contributed by atoms with Crippen molar-refractivity contribution < 1.29 is 18.7 Å². The lowest BCUT2D eigenvalue weighted by Gasteiger charge is -2.26. The van der Waals surface area contributed by atoms with E-state index in [1.807, 2.05) is 40.7 Å². The van der Waals surface area contributed by atoms with E-state index in [1.54, 1.807) is 4.57 Å². The Morgan fingerprint density at radius 2 is 1.85 bits per heavy atom. The number of ether oxygens (including phenoxy) is 2. The third-order valence-electron chi connectivity index (χ3n) is 6.93. The normalized spacial score (nSPS) is 17.6. The summed E-state index contributed by atoms with van der Waals surface area (Å²) in [6, 6.07) is 3.35. The lowest BCUT2D eigenvalue weighted by molar-refractivity contribution is -0.165. The molecule has 4 heterocycles. The average Bonchev–Trinajstić information content (AvgIpc) is 3.20. The molecule has 0 fully saturated rings. The number of carbonyl (C=O) groups excluding carboxylic acids is 1. The summed E-state index contributed by atoms with van der Waals surface area (Å²) in [5, 5.41) is 1.04. The van der Waals surface area contributed by atoms with Gasteiger partial charge in [-0.25, -0.2) is 14.2 Å². The topological polar surface area (TPSA) is 70.4 Å². The molecule has 7 heteroatoms. The number of pyridine rings is 2. The van der Waals surface area contributed by atoms with Crippen LogP contribution in [0.3, 0.4) is 0 Å². The van der Waals surface area contributed by atoms with Crippen molar-refractivity contribution >= 4 is 16.9 Å². The molecule has 0 N–H and O–H groups in total. The minimum Gasteiger partial charge on any atom is -0.458 e. The molecule has 6 rings (SSSR count). The molecule has 6 nitrogen and oxygen atoms in total. The summed E-state index contributed by atoms with van der Waals surface area (Å²) < 4.78 is 27.4. The molecule has 0 bridgehead atoms. The predicted octanol–water partition coefficient (Wildman–Crippen LogP) is 4.91. The van der Waals surface area contributed by atoms with Gasteiger partial charge in [-0.2, -0.15) is 0 Å². The smallest absolute Gasteiger partial charge is 0.340 e. The maximum atomic E-state index is 14.6. The van der Waals surface area contributed by atoms with Crippen molar-refractivity contribution in [1.82, 2.24) is 9.55 Å². The first kappa shape index (κ1) is 22.7. The van der Waals surface area contributed by atoms with Crippen LogP contribution >= 0.6 is 0 Å². The highest BCUT2D eigenvalue weighted by Gasteiger charge is 2.37. The van der Waals surface area contributed by atoms with Gasteiger partial charge in [0.2, 0.25) is 0 Å². The SMILES string of the molecule is CC.Cc1c(F)cc2nc3c(c4c2c1CCC4)Cn1c-3cc2c(c1=O)COC(=O)C2OC(C)C. The summed E-state index contributed by atoms with van der Waals surface area (Å²) in [4.78, 5) is 30.7. The maximum absolute atomic E-state index is 14.6. The monoisotopic (exact) mass is 464 g/mol. The third kappa shape index (κ3) is 3.21. The maximum Gasteiger partial charge on any atom is 0.340 e. The van der Waals surface area contributed by atoms with Crippen LogP contribution in [0.25, 0.3) is 22.3 Å². The Bertz CT molecular complexity index is 1410. The van der Waals surface area contributed by atoms with Crippen LogP contribution in [0, 0.1) is 12.7 Å². The molecule has 3 aliphatic rings. The number of carbonyl (C=O) groups is 1. The van der Waals surface area contributed by atoms with E-state index < -0.39 is 12.1 Å². The van der Waals surface area contributed by atoms with Crippen LogP contribution < -0.4 is 5.56 Å². The number of esters is 1. The van der Waals surface area contributed by atoms with Gasteiger partial charge >= 0.3 is 5.97 Å². The summed E-state index contributed by atoms with van der Waals surface area (Å²) in [7, 11) is 0. The molecule has 3 aromatic rings. The number of hydrogen-bond donors (Lipinski definition) is 0. The van der Waals surface area contributed by atoms with Gasteiger partial charge < -0.3 is 14.0 Å². The van der Waals surface area contributed by atoms with Crippen LogP contribution in [0.5, 0.6) is 0 Å². The highest BCUT2D eigenvalue weighted by Crippen LogP contribution is 2.42. The molecule has 178 valence electrons. The van der Waals surface area contributed by atoms with Crippen LogP contribution in [0.2, 0.25) is 0 Å². The number of halogens is 1. The zero-order valence-corrected chi connectivity index (χ0v) is 20.3. The Hall–Kier alpha value is -3.06. The van der Waals surface area contributed by atoms with E-state index in [9.17, 15) is 14.0 Å². The molecular weight excluding hydrogens is 435 g/mol. The largest absolute Gasteiger partial charge is 0.458 e. The van der Waals surface area contributed by atoms with Crippen molar-refractivity contribution in [2.45, 2.75) is 79.2 Å². The molecular formula is C27H29FN2O4. The molecule has 0 radical (unpaired) electrons. The van der Waals surface area contributed by atoms with Gasteiger partial charge in [0, 0.05) is 22.6 Å². The van der Waals surface area contributed by atoms with Gasteiger partial charge in [0.25, 0.3) is 5.56 Å². The number of aromatic nitrogens is 2. The second kappa shape index (κ2) is 8.31. The number of benzene rings is 1. The van der Waals surface area contributed by atoms with Crippen molar-refractivity contribution in [2.75, 3.05) is 0 Å². The summed E-state index contributed by atoms with van der Waals surface area (Å²) in [5.41, 5.74) is 6.71. The molecule has 1 aromatic carbocycles. The Labute approximate surface area is 197 Å². The van der Waals surface area contributed by atoms with Crippen molar-refractivity contribution in [1.29, 1.82) is 0 Å². The number of fused-ring (bicyclic) bond motifs is 5. The van der Waals surface area contributed by atoms with Gasteiger partial charge in [-0.05, 0) is 62.8 Å². The Balaban J connectivity index is 0.00000117. The van der Waals surface area contributed by atoms with E-state index >= 15 is 0 Å². The second-order valence-corrected chi connectivity index (χ2v) is 9.15. The van der Waals surface area contributed by atoms with Crippen LogP contribution in [0.1, 0.15) is 73.6 Å². The Kier molecular flexibility index (Phi) is 5.55. The highest BCUT2D eigenvalue weighted by atomic mass is 19.1. The highest BCUT2D eigenvalue weighted by molar-refractivity contribution is 5.92. The third-order valence-corrected chi connectivity index (χ3v) is 6.93. The molecule has 1 atom stereocenters. The first-order valence-electron chi connectivity index (χ1n) is 12.1. The molecule has 2 aliphatic heterocycles. The molecule has 0 saturated carbocycles. The number of nitrogens with zero attached hydrogens (tertiary/aromatic N) is 2. The zero-order chi connectivity index (χ0) is 24.3. The van der Waals surface area contributed by atoms with Crippen molar-refractivity contribution in [3.63, 3.8) is 0 Å². The molecule has 0 saturated heterocycles. The molecule has 34 heavy (non-hydrogen) atoms. The quantitative estimate of drug-likeness (QED) is 0.394. The Morgan fingerprint density at radius 3 is 2.59 bits per heavy atom. The molecule has 2 aromatic heterocycles. The zero-order valence-electron chi connectivity index (χ0n) is 20.3. The number of rotatable bonds is 2. The van der Waals surface area contributed by atoms with E-state index in [0.29, 0.717) is 40.1 Å². The van der Waals surface area contributed by atoms with E-state index in [-0.39, 0.29) is 24.1 Å². The van der Waals surface area contributed by atoms with Gasteiger partial charge in [-0.1, -0.05) is 13.8 Å². The minimum absolute atomic E-state index is 0.0571. The van der Waals surface area contributed by atoms with Crippen LogP contribution in [0.4, 0.5) is 4.39 Å². The Morgan fingerprint density at radius 1 is 1.12 bits per heavy atom. The predicted molar refractivity (Wildman–Crippen MR) is 127 cm³/mol. The van der Waals surface area contributed by atoms with Gasteiger partial charge in [0.05, 0.1) is 35.1 Å². The van der Waals surface area contributed by atoms with Gasteiger partial charge in [0.1, 0.15) is 12.4 Å². The van der Waals surface area contributed by atoms with E-state index in [1.165, 1.54) is 6.07 Å². The lowest BCUT2D eigenvalue weighted by atomic mass is 9.85. The van der Waals surface area contributed by atoms with Crippen LogP contribution in [0.15, 0.2) is 16.9 Å². The standard InChI is InChI=1S/C25H23FN2O4.C2H6/c1-11(2)32-23-15-7-20-22-16(9-28(20)24(29)17(15)10-31-25(23)30)14-6-4-5-13-12(3)18(26)8-19(27-22)21(13)14;1-2/h7-8,11,23H,4-6,9-10H2,1-3H3;1-2H3. The van der Waals surface area contributed by atoms with Gasteiger partial charge in [-0.3, -0.25) is 4.79 Å². The fraction of sp³-hybridized carbons (Fsp3) is 0.444. The fourth-order valence-corrected chi connectivity index (χ4v) is 5.45. The minimum atomic E-state index is -0.938. The summed E-state index contributed by atoms with van der Waals surface area (Å²) in [6.07, 6.45) is 1.51. The fourth-order valence-electron chi connectivity index (χ4n) is 5.45. The van der Waals surface area contributed by atoms with Crippen LogP contribution in [-0.4, -0.2) is 21.6 Å². The lowest BCUT2D eigenvalue weighted by Crippen LogP contribution is -2.34. The van der Waals surface area contributed by atoms with E-state index in [0.717, 1.165) is 41.3 Å². The summed E-state index contributed by atoms with van der Waals surface area (Å²) in [5.74, 6) is -0.737. The van der Waals surface area contributed by atoms with Gasteiger partial charge in [-0.15, -0.1) is 0 Å². The number of hydrogen-bond acceptors (Lipinski definition) is 5. The van der Waals surface area contributed by atoms with E-state index in [4.69, 9.17) is 14.5 Å². The summed E-state index contributed by atoms with van der Waals surface area (Å²) >= 11 is 0. The number of cyclic esters (lactones) is 1.